The van der Waals surface area contributed by atoms with Gasteiger partial charge >= 0.3 is 6.03 Å². The van der Waals surface area contributed by atoms with Crippen molar-refractivity contribution in [2.45, 2.75) is 56.5 Å². The topological polar surface area (TPSA) is 78.5 Å². The number of hydrogen-bond acceptors (Lipinski definition) is 3. The third-order valence-electron chi connectivity index (χ3n) is 5.71. The average molecular weight is 341 g/mol. The van der Waals surface area contributed by atoms with E-state index < -0.39 is 11.6 Å². The molecule has 1 aliphatic heterocycles. The molecule has 6 heteroatoms. The van der Waals surface area contributed by atoms with Gasteiger partial charge in [0.25, 0.3) is 5.91 Å². The average Bonchev–Trinajstić information content (AvgIpc) is 3.16. The van der Waals surface area contributed by atoms with E-state index in [0.717, 1.165) is 42.6 Å². The third-order valence-corrected chi connectivity index (χ3v) is 5.71. The lowest BCUT2D eigenvalue weighted by Gasteiger charge is -2.27. The molecule has 1 saturated heterocycles. The fourth-order valence-corrected chi connectivity index (χ4v) is 4.42. The van der Waals surface area contributed by atoms with Gasteiger partial charge in [-0.3, -0.25) is 14.5 Å². The van der Waals surface area contributed by atoms with Crippen molar-refractivity contribution >= 4 is 17.8 Å². The van der Waals surface area contributed by atoms with Gasteiger partial charge in [-0.1, -0.05) is 37.1 Å². The maximum absolute atomic E-state index is 12.6. The van der Waals surface area contributed by atoms with Crippen molar-refractivity contribution in [1.29, 1.82) is 0 Å². The Morgan fingerprint density at radius 3 is 2.76 bits per heavy atom. The zero-order chi connectivity index (χ0) is 17.4. The summed E-state index contributed by atoms with van der Waals surface area (Å²) in [5, 5.41) is 5.82. The van der Waals surface area contributed by atoms with Gasteiger partial charge in [-0.15, -0.1) is 0 Å². The van der Waals surface area contributed by atoms with Crippen molar-refractivity contribution in [2.75, 3.05) is 6.54 Å². The minimum atomic E-state index is -0.755. The molecule has 2 fully saturated rings. The first-order valence-corrected chi connectivity index (χ1v) is 9.10. The second kappa shape index (κ2) is 6.17. The summed E-state index contributed by atoms with van der Waals surface area (Å²) in [6.07, 6.45) is 6.15. The molecule has 4 rings (SSSR count). The maximum atomic E-state index is 12.6. The molecule has 0 bridgehead atoms. The Morgan fingerprint density at radius 1 is 1.20 bits per heavy atom. The van der Waals surface area contributed by atoms with Gasteiger partial charge < -0.3 is 10.6 Å². The smallest absolute Gasteiger partial charge is 0.325 e. The Hall–Kier alpha value is -2.37. The van der Waals surface area contributed by atoms with Gasteiger partial charge in [-0.25, -0.2) is 4.79 Å². The predicted molar refractivity (Wildman–Crippen MR) is 91.7 cm³/mol. The van der Waals surface area contributed by atoms with Crippen LogP contribution in [0.25, 0.3) is 0 Å². The van der Waals surface area contributed by atoms with Crippen molar-refractivity contribution in [1.82, 2.24) is 15.5 Å². The number of nitrogens with zero attached hydrogens (tertiary/aromatic N) is 1. The molecule has 3 aliphatic rings. The Bertz CT molecular complexity index is 724. The van der Waals surface area contributed by atoms with Crippen LogP contribution >= 0.6 is 0 Å². The van der Waals surface area contributed by atoms with E-state index in [9.17, 15) is 14.4 Å². The Kier molecular flexibility index (Phi) is 3.98. The third kappa shape index (κ3) is 2.79. The molecule has 1 saturated carbocycles. The SMILES string of the molecule is O=C(CN1C(=O)NC2(CCCC2)C1=O)NC1CCCc2ccccc21. The second-order valence-electron chi connectivity index (χ2n) is 7.32. The first kappa shape index (κ1) is 16.1. The highest BCUT2D eigenvalue weighted by Crippen LogP contribution is 2.35. The summed E-state index contributed by atoms with van der Waals surface area (Å²) in [6.45, 7) is -0.203. The summed E-state index contributed by atoms with van der Waals surface area (Å²) in [5.41, 5.74) is 1.65. The molecule has 0 radical (unpaired) electrons. The monoisotopic (exact) mass is 341 g/mol. The van der Waals surface area contributed by atoms with Crippen LogP contribution in [0.1, 0.15) is 55.7 Å². The van der Waals surface area contributed by atoms with Crippen molar-refractivity contribution in [3.8, 4) is 0 Å². The summed E-state index contributed by atoms with van der Waals surface area (Å²) in [6, 6.07) is 7.64. The first-order valence-electron chi connectivity index (χ1n) is 9.10. The molecular weight excluding hydrogens is 318 g/mol. The number of fused-ring (bicyclic) bond motifs is 1. The van der Waals surface area contributed by atoms with Crippen molar-refractivity contribution in [2.24, 2.45) is 0 Å². The molecule has 1 atom stereocenters. The standard InChI is InChI=1S/C19H23N3O3/c23-16(20-15-9-5-7-13-6-1-2-8-14(13)15)12-22-17(24)19(21-18(22)25)10-3-4-11-19/h1-2,6,8,15H,3-5,7,9-12H2,(H,20,23)(H,21,25). The predicted octanol–water partition coefficient (Wildman–Crippen LogP) is 2.04. The van der Waals surface area contributed by atoms with E-state index in [1.54, 1.807) is 0 Å². The van der Waals surface area contributed by atoms with Crippen LogP contribution < -0.4 is 10.6 Å². The van der Waals surface area contributed by atoms with E-state index in [4.69, 9.17) is 0 Å². The highest BCUT2D eigenvalue weighted by atomic mass is 16.2. The quantitative estimate of drug-likeness (QED) is 0.826. The highest BCUT2D eigenvalue weighted by Gasteiger charge is 2.52. The molecule has 132 valence electrons. The Morgan fingerprint density at radius 2 is 1.96 bits per heavy atom. The number of rotatable bonds is 3. The molecule has 2 aliphatic carbocycles. The van der Waals surface area contributed by atoms with E-state index in [0.29, 0.717) is 12.8 Å². The zero-order valence-electron chi connectivity index (χ0n) is 14.2. The molecule has 2 N–H and O–H groups in total. The number of benzene rings is 1. The Balaban J connectivity index is 1.43. The Labute approximate surface area is 147 Å². The van der Waals surface area contributed by atoms with Crippen molar-refractivity contribution in [3.63, 3.8) is 0 Å². The van der Waals surface area contributed by atoms with Crippen LogP contribution in [0.2, 0.25) is 0 Å². The van der Waals surface area contributed by atoms with Gasteiger partial charge in [0.2, 0.25) is 5.91 Å². The molecule has 1 aromatic carbocycles. The maximum Gasteiger partial charge on any atom is 0.325 e. The van der Waals surface area contributed by atoms with Crippen LogP contribution in [-0.4, -0.2) is 34.8 Å². The number of aryl methyl sites for hydroxylation is 1. The molecule has 1 heterocycles. The number of nitrogens with one attached hydrogen (secondary N) is 2. The van der Waals surface area contributed by atoms with E-state index in [-0.39, 0.29) is 24.4 Å². The number of imide groups is 1. The van der Waals surface area contributed by atoms with Crippen LogP contribution in [0.5, 0.6) is 0 Å². The van der Waals surface area contributed by atoms with E-state index >= 15 is 0 Å². The van der Waals surface area contributed by atoms with Gasteiger partial charge in [0.05, 0.1) is 6.04 Å². The number of carbonyl (C=O) groups is 3. The first-order chi connectivity index (χ1) is 12.1. The molecule has 6 nitrogen and oxygen atoms in total. The molecule has 4 amide bonds. The summed E-state index contributed by atoms with van der Waals surface area (Å²) in [4.78, 5) is 38.4. The number of urea groups is 1. The van der Waals surface area contributed by atoms with Gasteiger partial charge in [0.15, 0.2) is 0 Å². The normalized spacial score (nSPS) is 24.3. The molecule has 1 spiro atoms. The summed E-state index contributed by atoms with van der Waals surface area (Å²) in [7, 11) is 0. The van der Waals surface area contributed by atoms with E-state index in [2.05, 4.69) is 16.7 Å². The number of hydrogen-bond donors (Lipinski definition) is 2. The van der Waals surface area contributed by atoms with E-state index in [1.165, 1.54) is 5.56 Å². The minimum Gasteiger partial charge on any atom is -0.348 e. The van der Waals surface area contributed by atoms with Gasteiger partial charge in [0.1, 0.15) is 12.1 Å². The number of amides is 4. The van der Waals surface area contributed by atoms with Crippen molar-refractivity contribution < 1.29 is 14.4 Å². The van der Waals surface area contributed by atoms with Crippen molar-refractivity contribution in [3.05, 3.63) is 35.4 Å². The molecule has 0 aromatic heterocycles. The fourth-order valence-electron chi connectivity index (χ4n) is 4.42. The fraction of sp³-hybridized carbons (Fsp3) is 0.526. The molecule has 1 aromatic rings. The van der Waals surface area contributed by atoms with Gasteiger partial charge in [-0.2, -0.15) is 0 Å². The molecule has 25 heavy (non-hydrogen) atoms. The van der Waals surface area contributed by atoms with Gasteiger partial charge in [-0.05, 0) is 43.2 Å². The molecular formula is C19H23N3O3. The largest absolute Gasteiger partial charge is 0.348 e. The highest BCUT2D eigenvalue weighted by molar-refractivity contribution is 6.09. The summed E-state index contributed by atoms with van der Waals surface area (Å²) >= 11 is 0. The zero-order valence-corrected chi connectivity index (χ0v) is 14.2. The van der Waals surface area contributed by atoms with Crippen LogP contribution in [0.3, 0.4) is 0 Å². The summed E-state index contributed by atoms with van der Waals surface area (Å²) < 4.78 is 0. The van der Waals surface area contributed by atoms with Crippen LogP contribution in [-0.2, 0) is 16.0 Å². The lowest BCUT2D eigenvalue weighted by Crippen LogP contribution is -2.45. The van der Waals surface area contributed by atoms with E-state index in [1.807, 2.05) is 18.2 Å². The lowest BCUT2D eigenvalue weighted by molar-refractivity contribution is -0.135. The second-order valence-corrected chi connectivity index (χ2v) is 7.32. The minimum absolute atomic E-state index is 0.0429. The van der Waals surface area contributed by atoms with Crippen LogP contribution in [0, 0.1) is 0 Å². The lowest BCUT2D eigenvalue weighted by atomic mass is 9.88. The van der Waals surface area contributed by atoms with Crippen LogP contribution in [0.4, 0.5) is 4.79 Å². The van der Waals surface area contributed by atoms with Gasteiger partial charge in [0, 0.05) is 0 Å². The number of carbonyl (C=O) groups excluding carboxylic acids is 3. The van der Waals surface area contributed by atoms with Crippen LogP contribution in [0.15, 0.2) is 24.3 Å². The molecule has 1 unspecified atom stereocenters. The summed E-state index contributed by atoms with van der Waals surface area (Å²) in [5.74, 6) is -0.519.